The van der Waals surface area contributed by atoms with Crippen LogP contribution in [0.25, 0.3) is 0 Å². The Morgan fingerprint density at radius 1 is 1.00 bits per heavy atom. The number of guanidine groups is 1. The monoisotopic (exact) mass is 431 g/mol. The van der Waals surface area contributed by atoms with Gasteiger partial charge in [-0.15, -0.1) is 0 Å². The molecule has 0 radical (unpaired) electrons. The highest BCUT2D eigenvalue weighted by Crippen LogP contribution is 2.31. The fourth-order valence-corrected chi connectivity index (χ4v) is 4.84. The van der Waals surface area contributed by atoms with Crippen molar-refractivity contribution in [1.82, 2.24) is 20.4 Å². The van der Waals surface area contributed by atoms with Crippen LogP contribution in [0.1, 0.15) is 37.7 Å². The Morgan fingerprint density at radius 2 is 1.71 bits per heavy atom. The van der Waals surface area contributed by atoms with Gasteiger partial charge in [-0.3, -0.25) is 9.89 Å². The summed E-state index contributed by atoms with van der Waals surface area (Å²) in [6.07, 6.45) is 7.37. The summed E-state index contributed by atoms with van der Waals surface area (Å²) < 4.78 is 10.7. The molecule has 0 aliphatic carbocycles. The van der Waals surface area contributed by atoms with Crippen LogP contribution in [0.2, 0.25) is 0 Å². The molecule has 3 rings (SSSR count). The average Bonchev–Trinajstić information content (AvgIpc) is 2.83. The predicted octanol–water partition coefficient (Wildman–Crippen LogP) is 2.36. The van der Waals surface area contributed by atoms with Gasteiger partial charge in [0.2, 0.25) is 0 Å². The second kappa shape index (κ2) is 11.6. The summed E-state index contributed by atoms with van der Waals surface area (Å²) in [6, 6.07) is 6.09. The maximum Gasteiger partial charge on any atom is 0.191 e. The molecule has 7 nitrogen and oxygen atoms in total. The first-order chi connectivity index (χ1) is 15.1. The number of ether oxygens (including phenoxy) is 2. The lowest BCUT2D eigenvalue weighted by molar-refractivity contribution is 0.0173. The van der Waals surface area contributed by atoms with E-state index >= 15 is 0 Å². The van der Waals surface area contributed by atoms with Crippen molar-refractivity contribution in [2.24, 2.45) is 4.99 Å². The van der Waals surface area contributed by atoms with Crippen LogP contribution in [-0.4, -0.2) is 88.9 Å². The molecule has 0 unspecified atom stereocenters. The number of nitrogens with one attached hydrogen (secondary N) is 2. The smallest absolute Gasteiger partial charge is 0.191 e. The molecule has 7 heteroatoms. The first-order valence-corrected chi connectivity index (χ1v) is 11.7. The van der Waals surface area contributed by atoms with E-state index in [4.69, 9.17) is 9.47 Å². The van der Waals surface area contributed by atoms with Crippen LogP contribution in [0.3, 0.4) is 0 Å². The van der Waals surface area contributed by atoms with Crippen molar-refractivity contribution in [2.75, 3.05) is 67.6 Å². The van der Waals surface area contributed by atoms with Crippen molar-refractivity contribution in [2.45, 2.75) is 44.1 Å². The zero-order valence-corrected chi connectivity index (χ0v) is 19.9. The van der Waals surface area contributed by atoms with Gasteiger partial charge in [-0.2, -0.15) is 0 Å². The van der Waals surface area contributed by atoms with Crippen LogP contribution in [0, 0.1) is 0 Å². The topological polar surface area (TPSA) is 61.4 Å². The zero-order chi connectivity index (χ0) is 22.1. The number of nitrogens with zero attached hydrogens (tertiary/aromatic N) is 3. The lowest BCUT2D eigenvalue weighted by Gasteiger charge is -2.50. The van der Waals surface area contributed by atoms with Gasteiger partial charge in [0.15, 0.2) is 17.5 Å². The van der Waals surface area contributed by atoms with E-state index < -0.39 is 0 Å². The average molecular weight is 432 g/mol. The van der Waals surface area contributed by atoms with Crippen molar-refractivity contribution < 1.29 is 9.47 Å². The van der Waals surface area contributed by atoms with Crippen molar-refractivity contribution in [3.05, 3.63) is 23.8 Å². The van der Waals surface area contributed by atoms with E-state index in [1.54, 1.807) is 14.2 Å². The summed E-state index contributed by atoms with van der Waals surface area (Å²) in [5, 5.41) is 7.14. The van der Waals surface area contributed by atoms with Crippen LogP contribution in [0.5, 0.6) is 11.5 Å². The highest BCUT2D eigenvalue weighted by Gasteiger charge is 2.39. The second-order valence-electron chi connectivity index (χ2n) is 8.87. The largest absolute Gasteiger partial charge is 0.493 e. The van der Waals surface area contributed by atoms with Gasteiger partial charge in [-0.25, -0.2) is 0 Å². The molecular weight excluding hydrogens is 390 g/mol. The predicted molar refractivity (Wildman–Crippen MR) is 128 cm³/mol. The molecular formula is C24H41N5O2. The molecule has 0 amide bonds. The van der Waals surface area contributed by atoms with Crippen LogP contribution < -0.4 is 20.1 Å². The summed E-state index contributed by atoms with van der Waals surface area (Å²) in [4.78, 5) is 9.69. The van der Waals surface area contributed by atoms with Crippen molar-refractivity contribution in [3.63, 3.8) is 0 Å². The second-order valence-corrected chi connectivity index (χ2v) is 8.87. The van der Waals surface area contributed by atoms with Crippen molar-refractivity contribution >= 4 is 5.96 Å². The van der Waals surface area contributed by atoms with E-state index in [9.17, 15) is 0 Å². The van der Waals surface area contributed by atoms with Crippen LogP contribution in [-0.2, 0) is 6.42 Å². The highest BCUT2D eigenvalue weighted by atomic mass is 16.5. The van der Waals surface area contributed by atoms with E-state index in [-0.39, 0.29) is 5.54 Å². The van der Waals surface area contributed by atoms with Gasteiger partial charge >= 0.3 is 0 Å². The number of hydrogen-bond acceptors (Lipinski definition) is 5. The molecule has 0 bridgehead atoms. The standard InChI is InChI=1S/C24H41N5O2/c1-25-23(26-13-10-20-8-9-21(30-3)22(18-20)31-4)27-19-24(11-16-28(2)17-12-24)29-14-6-5-7-15-29/h8-9,18H,5-7,10-17,19H2,1-4H3,(H2,25,26,27). The molecule has 2 heterocycles. The van der Waals surface area contributed by atoms with Gasteiger partial charge in [0.05, 0.1) is 14.2 Å². The van der Waals surface area contributed by atoms with Gasteiger partial charge in [0.25, 0.3) is 0 Å². The summed E-state index contributed by atoms with van der Waals surface area (Å²) in [7, 11) is 7.43. The Labute approximate surface area is 188 Å². The van der Waals surface area contributed by atoms with Crippen LogP contribution in [0.15, 0.2) is 23.2 Å². The SMILES string of the molecule is CN=C(NCCc1ccc(OC)c(OC)c1)NCC1(N2CCCCC2)CCN(C)CC1. The van der Waals surface area contributed by atoms with E-state index in [2.05, 4.69) is 38.5 Å². The number of likely N-dealkylation sites (tertiary alicyclic amines) is 2. The molecule has 174 valence electrons. The number of aliphatic imine (C=N–C) groups is 1. The first-order valence-electron chi connectivity index (χ1n) is 11.7. The molecule has 2 aliphatic rings. The Hall–Kier alpha value is -1.99. The number of methoxy groups -OCH3 is 2. The highest BCUT2D eigenvalue weighted by molar-refractivity contribution is 5.79. The number of hydrogen-bond donors (Lipinski definition) is 2. The molecule has 2 saturated heterocycles. The van der Waals surface area contributed by atoms with E-state index in [0.29, 0.717) is 0 Å². The molecule has 2 aliphatic heterocycles. The summed E-state index contributed by atoms with van der Waals surface area (Å²) in [5.41, 5.74) is 1.45. The third kappa shape index (κ3) is 6.26. The third-order valence-corrected chi connectivity index (χ3v) is 6.91. The van der Waals surface area contributed by atoms with E-state index in [1.807, 2.05) is 19.2 Å². The summed E-state index contributed by atoms with van der Waals surface area (Å²) >= 11 is 0. The first kappa shape index (κ1) is 23.7. The quantitative estimate of drug-likeness (QED) is 0.487. The zero-order valence-electron chi connectivity index (χ0n) is 19.9. The minimum Gasteiger partial charge on any atom is -0.493 e. The molecule has 2 fully saturated rings. The summed E-state index contributed by atoms with van der Waals surface area (Å²) in [6.45, 7) is 6.58. The number of rotatable bonds is 8. The Bertz CT molecular complexity index is 710. The van der Waals surface area contributed by atoms with Gasteiger partial charge in [-0.1, -0.05) is 12.5 Å². The van der Waals surface area contributed by atoms with Crippen molar-refractivity contribution in [3.8, 4) is 11.5 Å². The van der Waals surface area contributed by atoms with Gasteiger partial charge < -0.3 is 25.0 Å². The normalized spacial score (nSPS) is 20.3. The van der Waals surface area contributed by atoms with E-state index in [0.717, 1.165) is 37.0 Å². The fraction of sp³-hybridized carbons (Fsp3) is 0.708. The van der Waals surface area contributed by atoms with Crippen LogP contribution in [0.4, 0.5) is 0 Å². The lowest BCUT2D eigenvalue weighted by atomic mass is 9.84. The Morgan fingerprint density at radius 3 is 2.35 bits per heavy atom. The molecule has 0 atom stereocenters. The third-order valence-electron chi connectivity index (χ3n) is 6.91. The molecule has 0 aromatic heterocycles. The van der Waals surface area contributed by atoms with E-state index in [1.165, 1.54) is 63.8 Å². The summed E-state index contributed by atoms with van der Waals surface area (Å²) in [5.74, 6) is 2.42. The van der Waals surface area contributed by atoms with Gasteiger partial charge in [0.1, 0.15) is 0 Å². The maximum atomic E-state index is 5.42. The lowest BCUT2D eigenvalue weighted by Crippen LogP contribution is -2.62. The molecule has 1 aromatic carbocycles. The molecule has 2 N–H and O–H groups in total. The molecule has 0 spiro atoms. The Kier molecular flexibility index (Phi) is 8.84. The Balaban J connectivity index is 1.53. The molecule has 1 aromatic rings. The minimum atomic E-state index is 0.244. The number of piperidine rings is 2. The van der Waals surface area contributed by atoms with Gasteiger partial charge in [0, 0.05) is 25.7 Å². The van der Waals surface area contributed by atoms with Crippen molar-refractivity contribution in [1.29, 1.82) is 0 Å². The molecule has 0 saturated carbocycles. The minimum absolute atomic E-state index is 0.244. The maximum absolute atomic E-state index is 5.42. The fourth-order valence-electron chi connectivity index (χ4n) is 4.84. The molecule has 31 heavy (non-hydrogen) atoms. The van der Waals surface area contributed by atoms with Gasteiger partial charge in [-0.05, 0) is 83.0 Å². The van der Waals surface area contributed by atoms with Crippen LogP contribution >= 0.6 is 0 Å². The number of benzene rings is 1.